The van der Waals surface area contributed by atoms with Crippen LogP contribution in [0.5, 0.6) is 0 Å². The predicted octanol–water partition coefficient (Wildman–Crippen LogP) is 3.84. The first-order valence-corrected chi connectivity index (χ1v) is 12.7. The highest BCUT2D eigenvalue weighted by atomic mass is 32.1. The van der Waals surface area contributed by atoms with E-state index in [-0.39, 0.29) is 36.1 Å². The Morgan fingerprint density at radius 2 is 2.03 bits per heavy atom. The van der Waals surface area contributed by atoms with Gasteiger partial charge in [0, 0.05) is 18.8 Å². The molecule has 1 fully saturated rings. The van der Waals surface area contributed by atoms with Crippen molar-refractivity contribution in [1.29, 1.82) is 0 Å². The molecular weight excluding hydrogens is 525 g/mol. The summed E-state index contributed by atoms with van der Waals surface area (Å²) in [6.07, 6.45) is -2.13. The molecule has 3 heterocycles. The number of likely N-dealkylation sites (tertiary alicyclic amines) is 1. The normalized spacial score (nSPS) is 15.9. The number of amides is 2. The van der Waals surface area contributed by atoms with Gasteiger partial charge in [-0.25, -0.2) is 4.98 Å². The van der Waals surface area contributed by atoms with Gasteiger partial charge in [0.25, 0.3) is 11.5 Å². The van der Waals surface area contributed by atoms with Crippen molar-refractivity contribution in [2.45, 2.75) is 39.4 Å². The molecule has 0 bridgehead atoms. The van der Waals surface area contributed by atoms with Crippen LogP contribution in [0.25, 0.3) is 10.2 Å². The Hall–Kier alpha value is -3.74. The molecule has 13 heteroatoms. The molecule has 1 aliphatic heterocycles. The number of aromatic nitrogens is 2. The van der Waals surface area contributed by atoms with Crippen molar-refractivity contribution >= 4 is 45.0 Å². The molecule has 0 aliphatic carbocycles. The van der Waals surface area contributed by atoms with E-state index in [2.05, 4.69) is 10.3 Å². The van der Waals surface area contributed by atoms with Crippen molar-refractivity contribution in [2.75, 3.05) is 25.0 Å². The molecule has 2 aromatic heterocycles. The second kappa shape index (κ2) is 10.9. The van der Waals surface area contributed by atoms with E-state index in [9.17, 15) is 32.3 Å². The summed E-state index contributed by atoms with van der Waals surface area (Å²) in [6.45, 7) is 3.81. The lowest BCUT2D eigenvalue weighted by atomic mass is 9.98. The number of thiophene rings is 1. The van der Waals surface area contributed by atoms with Crippen LogP contribution in [-0.4, -0.2) is 51.9 Å². The SMILES string of the molecule is CCOC(=O)[C@H]1CCCN(C(=O)c2sc3ncn(CC(=O)Nc4cccc(C(F)(F)F)c4)c(=O)c3c2C)C1. The predicted molar refractivity (Wildman–Crippen MR) is 134 cm³/mol. The van der Waals surface area contributed by atoms with Crippen LogP contribution in [0.1, 0.15) is 40.6 Å². The number of anilines is 1. The third kappa shape index (κ3) is 5.72. The lowest BCUT2D eigenvalue weighted by molar-refractivity contribution is -0.149. The maximum absolute atomic E-state index is 13.3. The number of carbonyl (C=O) groups excluding carboxylic acids is 3. The van der Waals surface area contributed by atoms with Crippen molar-refractivity contribution in [2.24, 2.45) is 5.92 Å². The molecule has 1 N–H and O–H groups in total. The maximum Gasteiger partial charge on any atom is 0.416 e. The minimum absolute atomic E-state index is 0.0610. The summed E-state index contributed by atoms with van der Waals surface area (Å²) >= 11 is 1.05. The number of alkyl halides is 3. The highest BCUT2D eigenvalue weighted by Crippen LogP contribution is 2.31. The van der Waals surface area contributed by atoms with Gasteiger partial charge in [0.2, 0.25) is 5.91 Å². The molecule has 0 radical (unpaired) electrons. The summed E-state index contributed by atoms with van der Waals surface area (Å²) in [5, 5.41) is 2.55. The molecule has 1 aromatic carbocycles. The number of nitrogens with zero attached hydrogens (tertiary/aromatic N) is 3. The number of rotatable bonds is 6. The van der Waals surface area contributed by atoms with Gasteiger partial charge in [-0.15, -0.1) is 11.3 Å². The number of ether oxygens (including phenoxy) is 1. The maximum atomic E-state index is 13.3. The molecule has 0 spiro atoms. The third-order valence-electron chi connectivity index (χ3n) is 6.23. The average Bonchev–Trinajstić information content (AvgIpc) is 3.22. The highest BCUT2D eigenvalue weighted by Gasteiger charge is 2.32. The summed E-state index contributed by atoms with van der Waals surface area (Å²) in [5.74, 6) is -1.78. The molecule has 38 heavy (non-hydrogen) atoms. The van der Waals surface area contributed by atoms with Crippen LogP contribution in [0.15, 0.2) is 35.4 Å². The number of aryl methyl sites for hydroxylation is 1. The van der Waals surface area contributed by atoms with E-state index < -0.39 is 35.7 Å². The van der Waals surface area contributed by atoms with E-state index in [1.165, 1.54) is 12.1 Å². The molecule has 9 nitrogen and oxygen atoms in total. The van der Waals surface area contributed by atoms with E-state index in [4.69, 9.17) is 4.74 Å². The van der Waals surface area contributed by atoms with Crippen molar-refractivity contribution in [1.82, 2.24) is 14.5 Å². The standard InChI is InChI=1S/C25H25F3N4O5S/c1-3-37-24(36)15-6-5-9-31(11-15)23(35)20-14(2)19-21(38-20)29-13-32(22(19)34)12-18(33)30-17-8-4-7-16(10-17)25(26,27)28/h4,7-8,10,13,15H,3,5-6,9,11-12H2,1-2H3,(H,30,33)/t15-/m0/s1. The van der Waals surface area contributed by atoms with Gasteiger partial charge in [-0.2, -0.15) is 13.2 Å². The molecule has 1 saturated heterocycles. The fraction of sp³-hybridized carbons (Fsp3) is 0.400. The molecular formula is C25H25F3N4O5S. The topological polar surface area (TPSA) is 111 Å². The number of hydrogen-bond donors (Lipinski definition) is 1. The molecule has 3 aromatic rings. The fourth-order valence-corrected chi connectivity index (χ4v) is 5.47. The number of esters is 1. The van der Waals surface area contributed by atoms with Crippen LogP contribution in [0.2, 0.25) is 0 Å². The monoisotopic (exact) mass is 550 g/mol. The zero-order valence-electron chi connectivity index (χ0n) is 20.6. The number of nitrogens with one attached hydrogen (secondary N) is 1. The summed E-state index contributed by atoms with van der Waals surface area (Å²) in [4.78, 5) is 57.6. The Labute approximate surface area is 219 Å². The van der Waals surface area contributed by atoms with Crippen molar-refractivity contribution in [3.05, 3.63) is 57.0 Å². The van der Waals surface area contributed by atoms with Gasteiger partial charge < -0.3 is 15.0 Å². The second-order valence-electron chi connectivity index (χ2n) is 8.88. The van der Waals surface area contributed by atoms with Gasteiger partial charge in [-0.05, 0) is 50.5 Å². The van der Waals surface area contributed by atoms with E-state index >= 15 is 0 Å². The van der Waals surface area contributed by atoms with E-state index in [1.807, 2.05) is 0 Å². The third-order valence-corrected chi connectivity index (χ3v) is 7.42. The van der Waals surface area contributed by atoms with Crippen molar-refractivity contribution in [3.63, 3.8) is 0 Å². The smallest absolute Gasteiger partial charge is 0.416 e. The molecule has 4 rings (SSSR count). The lowest BCUT2D eigenvalue weighted by Crippen LogP contribution is -2.42. The number of halogens is 3. The van der Waals surface area contributed by atoms with E-state index in [0.717, 1.165) is 34.4 Å². The van der Waals surface area contributed by atoms with Crippen molar-refractivity contribution < 1.29 is 32.3 Å². The number of hydrogen-bond acceptors (Lipinski definition) is 7. The van der Waals surface area contributed by atoms with Crippen LogP contribution < -0.4 is 10.9 Å². The molecule has 0 unspecified atom stereocenters. The Morgan fingerprint density at radius 3 is 2.74 bits per heavy atom. The zero-order valence-corrected chi connectivity index (χ0v) is 21.4. The Morgan fingerprint density at radius 1 is 1.26 bits per heavy atom. The van der Waals surface area contributed by atoms with Crippen LogP contribution in [0.3, 0.4) is 0 Å². The van der Waals surface area contributed by atoms with Crippen LogP contribution in [0, 0.1) is 12.8 Å². The Balaban J connectivity index is 1.53. The largest absolute Gasteiger partial charge is 0.466 e. The lowest BCUT2D eigenvalue weighted by Gasteiger charge is -2.31. The first kappa shape index (κ1) is 27.3. The number of piperidine rings is 1. The summed E-state index contributed by atoms with van der Waals surface area (Å²) < 4.78 is 45.0. The fourth-order valence-electron chi connectivity index (χ4n) is 4.36. The zero-order chi connectivity index (χ0) is 27.6. The van der Waals surface area contributed by atoms with Gasteiger partial charge in [-0.3, -0.25) is 23.7 Å². The minimum atomic E-state index is -4.56. The number of carbonyl (C=O) groups is 3. The first-order chi connectivity index (χ1) is 18.0. The highest BCUT2D eigenvalue weighted by molar-refractivity contribution is 7.20. The van der Waals surface area contributed by atoms with E-state index in [1.54, 1.807) is 18.7 Å². The minimum Gasteiger partial charge on any atom is -0.466 e. The number of fused-ring (bicyclic) bond motifs is 1. The summed E-state index contributed by atoms with van der Waals surface area (Å²) in [5.41, 5.74) is -1.11. The van der Waals surface area contributed by atoms with Crippen molar-refractivity contribution in [3.8, 4) is 0 Å². The number of benzene rings is 1. The van der Waals surface area contributed by atoms with Crippen LogP contribution in [-0.2, 0) is 27.0 Å². The second-order valence-corrected chi connectivity index (χ2v) is 9.88. The summed E-state index contributed by atoms with van der Waals surface area (Å²) in [7, 11) is 0. The van der Waals surface area contributed by atoms with Gasteiger partial charge in [0.1, 0.15) is 11.4 Å². The first-order valence-electron chi connectivity index (χ1n) is 11.9. The Kier molecular flexibility index (Phi) is 7.86. The Bertz CT molecular complexity index is 1450. The van der Waals surface area contributed by atoms with Crippen LogP contribution >= 0.6 is 11.3 Å². The molecule has 1 atom stereocenters. The molecule has 0 saturated carbocycles. The summed E-state index contributed by atoms with van der Waals surface area (Å²) in [6, 6.07) is 4.17. The molecule has 2 amide bonds. The van der Waals surface area contributed by atoms with Gasteiger partial charge in [0.15, 0.2) is 0 Å². The van der Waals surface area contributed by atoms with E-state index in [0.29, 0.717) is 34.7 Å². The quantitative estimate of drug-likeness (QED) is 0.467. The molecule has 1 aliphatic rings. The van der Waals surface area contributed by atoms with Gasteiger partial charge in [0.05, 0.1) is 34.7 Å². The van der Waals surface area contributed by atoms with Gasteiger partial charge in [-0.1, -0.05) is 6.07 Å². The van der Waals surface area contributed by atoms with Crippen LogP contribution in [0.4, 0.5) is 18.9 Å². The average molecular weight is 551 g/mol. The molecule has 202 valence electrons. The van der Waals surface area contributed by atoms with Gasteiger partial charge >= 0.3 is 12.1 Å².